The van der Waals surface area contributed by atoms with Gasteiger partial charge in [-0.3, -0.25) is 19.4 Å². The van der Waals surface area contributed by atoms with E-state index in [1.165, 1.54) is 32.1 Å². The molecule has 220 valence electrons. The van der Waals surface area contributed by atoms with Crippen LogP contribution >= 0.6 is 34.8 Å². The Bertz CT molecular complexity index is 1340. The van der Waals surface area contributed by atoms with Gasteiger partial charge < -0.3 is 15.6 Å². The monoisotopic (exact) mass is 617 g/mol. The number of carbonyl (C=O) groups is 2. The molecule has 2 amide bonds. The summed E-state index contributed by atoms with van der Waals surface area (Å²) in [4.78, 5) is 35.0. The largest absolute Gasteiger partial charge is 0.361 e. The molecule has 0 bridgehead atoms. The van der Waals surface area contributed by atoms with E-state index in [0.29, 0.717) is 16.1 Å². The molecule has 1 saturated carbocycles. The van der Waals surface area contributed by atoms with E-state index >= 15 is 0 Å². The van der Waals surface area contributed by atoms with E-state index in [0.717, 1.165) is 48.2 Å². The summed E-state index contributed by atoms with van der Waals surface area (Å²) in [7, 11) is 0. The van der Waals surface area contributed by atoms with Gasteiger partial charge in [-0.25, -0.2) is 0 Å². The Morgan fingerprint density at radius 1 is 1.00 bits per heavy atom. The lowest BCUT2D eigenvalue weighted by molar-refractivity contribution is -0.130. The van der Waals surface area contributed by atoms with Gasteiger partial charge in [-0.2, -0.15) is 0 Å². The van der Waals surface area contributed by atoms with E-state index in [2.05, 4.69) is 25.4 Å². The maximum Gasteiger partial charge on any atom is 0.243 e. The van der Waals surface area contributed by atoms with Crippen LogP contribution in [-0.2, 0) is 16.1 Å². The summed E-state index contributed by atoms with van der Waals surface area (Å²) in [5.41, 5.74) is 2.68. The number of rotatable bonds is 9. The highest BCUT2D eigenvalue weighted by Gasteiger charge is 2.31. The van der Waals surface area contributed by atoms with E-state index in [-0.39, 0.29) is 35.8 Å². The van der Waals surface area contributed by atoms with Crippen molar-refractivity contribution in [2.75, 3.05) is 32.7 Å². The second kappa shape index (κ2) is 13.8. The number of H-pyrrole nitrogens is 1. The first-order valence-corrected chi connectivity index (χ1v) is 15.7. The van der Waals surface area contributed by atoms with Crippen LogP contribution in [0.5, 0.6) is 0 Å². The number of amides is 2. The van der Waals surface area contributed by atoms with Crippen LogP contribution in [0.3, 0.4) is 0 Å². The molecule has 1 aliphatic heterocycles. The zero-order chi connectivity index (χ0) is 28.9. The normalized spacial score (nSPS) is 18.7. The van der Waals surface area contributed by atoms with Gasteiger partial charge in [0.05, 0.1) is 21.6 Å². The van der Waals surface area contributed by atoms with Crippen molar-refractivity contribution < 1.29 is 9.59 Å². The quantitative estimate of drug-likeness (QED) is 0.258. The van der Waals surface area contributed by atoms with Crippen LogP contribution in [0.1, 0.15) is 56.1 Å². The van der Waals surface area contributed by atoms with Crippen LogP contribution in [0, 0.1) is 0 Å². The summed E-state index contributed by atoms with van der Waals surface area (Å²) in [6.07, 6.45) is 8.50. The maximum absolute atomic E-state index is 13.6. The molecule has 2 unspecified atom stereocenters. The zero-order valence-corrected chi connectivity index (χ0v) is 25.7. The molecular formula is C31H38Cl3N5O2. The molecular weight excluding hydrogens is 581 g/mol. The number of aromatic nitrogens is 1. The highest BCUT2D eigenvalue weighted by molar-refractivity contribution is 6.48. The van der Waals surface area contributed by atoms with E-state index < -0.39 is 6.04 Å². The van der Waals surface area contributed by atoms with Crippen molar-refractivity contribution in [1.82, 2.24) is 25.4 Å². The first-order valence-electron chi connectivity index (χ1n) is 14.5. The van der Waals surface area contributed by atoms with Gasteiger partial charge in [0.15, 0.2) is 0 Å². The number of nitrogens with one attached hydrogen (secondary N) is 3. The summed E-state index contributed by atoms with van der Waals surface area (Å²) < 4.78 is 0. The summed E-state index contributed by atoms with van der Waals surface area (Å²) in [6.45, 7) is 6.13. The molecule has 0 spiro atoms. The molecule has 3 N–H and O–H groups in total. The molecule has 3 aromatic rings. The maximum atomic E-state index is 13.6. The lowest BCUT2D eigenvalue weighted by atomic mass is 9.92. The van der Waals surface area contributed by atoms with Gasteiger partial charge in [-0.15, -0.1) is 0 Å². The van der Waals surface area contributed by atoms with E-state index in [1.807, 2.05) is 37.4 Å². The minimum Gasteiger partial charge on any atom is -0.361 e. The minimum absolute atomic E-state index is 0.152. The second-order valence-corrected chi connectivity index (χ2v) is 12.5. The van der Waals surface area contributed by atoms with E-state index in [4.69, 9.17) is 34.8 Å². The molecule has 10 heteroatoms. The predicted molar refractivity (Wildman–Crippen MR) is 167 cm³/mol. The van der Waals surface area contributed by atoms with Gasteiger partial charge in [0.2, 0.25) is 11.8 Å². The Balaban J connectivity index is 1.25. The van der Waals surface area contributed by atoms with Crippen molar-refractivity contribution in [3.05, 3.63) is 68.8 Å². The fourth-order valence-electron chi connectivity index (χ4n) is 6.23. The lowest BCUT2D eigenvalue weighted by Crippen LogP contribution is -2.55. The molecule has 41 heavy (non-hydrogen) atoms. The first-order chi connectivity index (χ1) is 19.8. The van der Waals surface area contributed by atoms with Crippen LogP contribution in [0.4, 0.5) is 0 Å². The summed E-state index contributed by atoms with van der Waals surface area (Å²) in [5.74, 6) is -0.711. The smallest absolute Gasteiger partial charge is 0.243 e. The number of carbonyl (C=O) groups excluding carboxylic acids is 2. The van der Waals surface area contributed by atoms with Gasteiger partial charge in [0.25, 0.3) is 0 Å². The second-order valence-electron chi connectivity index (χ2n) is 11.3. The third-order valence-corrected chi connectivity index (χ3v) is 9.78. The molecule has 1 aliphatic carbocycles. The Morgan fingerprint density at radius 3 is 2.39 bits per heavy atom. The van der Waals surface area contributed by atoms with Gasteiger partial charge >= 0.3 is 0 Å². The van der Waals surface area contributed by atoms with Crippen LogP contribution < -0.4 is 10.6 Å². The Kier molecular flexibility index (Phi) is 10.1. The summed E-state index contributed by atoms with van der Waals surface area (Å²) >= 11 is 18.5. The molecule has 1 aromatic heterocycles. The number of benzene rings is 2. The number of hydrogen-bond acceptors (Lipinski definition) is 4. The minimum atomic E-state index is -0.775. The van der Waals surface area contributed by atoms with Crippen molar-refractivity contribution in [1.29, 1.82) is 0 Å². The molecule has 2 atom stereocenters. The third kappa shape index (κ3) is 7.38. The first kappa shape index (κ1) is 30.2. The number of piperazine rings is 1. The van der Waals surface area contributed by atoms with Crippen LogP contribution in [0.2, 0.25) is 15.1 Å². The highest BCUT2D eigenvalue weighted by atomic mass is 35.5. The number of halogens is 3. The molecule has 0 radical (unpaired) electrons. The SMILES string of the molecule is CC(c1c[nH]c2ccccc12)C(NC(=O)CN1CCN(C2CCCCC2)CC1)C(=O)NCc1cc(Cl)c(Cl)c(Cl)c1. The average Bonchev–Trinajstić information content (AvgIpc) is 3.42. The van der Waals surface area contributed by atoms with Gasteiger partial charge in [0, 0.05) is 61.8 Å². The van der Waals surface area contributed by atoms with Crippen LogP contribution in [-0.4, -0.2) is 71.4 Å². The predicted octanol–water partition coefficient (Wildman–Crippen LogP) is 5.98. The standard InChI is InChI=1S/C31H38Cl3N5O2/c1-20(24-18-35-27-10-6-5-9-23(24)27)30(31(41)36-17-21-15-25(32)29(34)26(33)16-21)37-28(40)19-38-11-13-39(14-12-38)22-7-3-2-4-8-22/h5-6,9-10,15-16,18,20,22,30,35H,2-4,7-8,11-14,17,19H2,1H3,(H,36,41)(H,37,40). The van der Waals surface area contributed by atoms with Crippen LogP contribution in [0.25, 0.3) is 10.9 Å². The van der Waals surface area contributed by atoms with E-state index in [1.54, 1.807) is 12.1 Å². The van der Waals surface area contributed by atoms with Gasteiger partial charge in [-0.1, -0.05) is 79.2 Å². The lowest BCUT2D eigenvalue weighted by Gasteiger charge is -2.40. The fourth-order valence-corrected chi connectivity index (χ4v) is 6.87. The number of para-hydroxylation sites is 1. The molecule has 7 nitrogen and oxygen atoms in total. The Morgan fingerprint density at radius 2 is 1.68 bits per heavy atom. The van der Waals surface area contributed by atoms with Crippen LogP contribution in [0.15, 0.2) is 42.6 Å². The highest BCUT2D eigenvalue weighted by Crippen LogP contribution is 2.32. The van der Waals surface area contributed by atoms with Crippen molar-refractivity contribution in [3.8, 4) is 0 Å². The molecule has 5 rings (SSSR count). The number of hydrogen-bond donors (Lipinski definition) is 3. The molecule has 2 heterocycles. The summed E-state index contributed by atoms with van der Waals surface area (Å²) in [5, 5.41) is 7.99. The fraction of sp³-hybridized carbons (Fsp3) is 0.484. The zero-order valence-electron chi connectivity index (χ0n) is 23.4. The van der Waals surface area contributed by atoms with Crippen molar-refractivity contribution in [2.24, 2.45) is 0 Å². The van der Waals surface area contributed by atoms with Crippen molar-refractivity contribution in [2.45, 2.75) is 63.6 Å². The average molecular weight is 619 g/mol. The third-order valence-electron chi connectivity index (χ3n) is 8.59. The molecule has 1 saturated heterocycles. The van der Waals surface area contributed by atoms with Gasteiger partial charge in [-0.05, 0) is 42.2 Å². The Labute approximate surface area is 256 Å². The molecule has 2 fully saturated rings. The van der Waals surface area contributed by atoms with Gasteiger partial charge in [0.1, 0.15) is 6.04 Å². The van der Waals surface area contributed by atoms with Crippen molar-refractivity contribution in [3.63, 3.8) is 0 Å². The molecule has 2 aliphatic rings. The Hall–Kier alpha value is -2.29. The number of nitrogens with zero attached hydrogens (tertiary/aromatic N) is 2. The topological polar surface area (TPSA) is 80.5 Å². The van der Waals surface area contributed by atoms with Crippen molar-refractivity contribution >= 4 is 57.5 Å². The number of aromatic amines is 1. The molecule has 2 aromatic carbocycles. The van der Waals surface area contributed by atoms with E-state index in [9.17, 15) is 9.59 Å². The number of fused-ring (bicyclic) bond motifs is 1. The summed E-state index contributed by atoms with van der Waals surface area (Å²) in [6, 6.07) is 11.2.